The highest BCUT2D eigenvalue weighted by molar-refractivity contribution is 6.04. The van der Waals surface area contributed by atoms with Crippen molar-refractivity contribution in [2.45, 2.75) is 33.1 Å². The molecule has 0 aliphatic heterocycles. The van der Waals surface area contributed by atoms with Crippen LogP contribution in [0.2, 0.25) is 0 Å². The van der Waals surface area contributed by atoms with Gasteiger partial charge in [0.15, 0.2) is 0 Å². The van der Waals surface area contributed by atoms with E-state index in [0.29, 0.717) is 34.2 Å². The Morgan fingerprint density at radius 2 is 1.91 bits per heavy atom. The molecule has 4 aromatic heterocycles. The van der Waals surface area contributed by atoms with Crippen LogP contribution in [0.15, 0.2) is 43.0 Å². The van der Waals surface area contributed by atoms with Crippen molar-refractivity contribution in [2.75, 3.05) is 12.4 Å². The van der Waals surface area contributed by atoms with Crippen molar-refractivity contribution in [1.29, 1.82) is 0 Å². The van der Waals surface area contributed by atoms with Gasteiger partial charge in [0.1, 0.15) is 17.3 Å². The first-order valence-electron chi connectivity index (χ1n) is 10.4. The third-order valence-electron chi connectivity index (χ3n) is 5.20. The summed E-state index contributed by atoms with van der Waals surface area (Å²) in [7, 11) is 3.38. The lowest BCUT2D eigenvalue weighted by Gasteiger charge is -2.13. The molecule has 0 unspecified atom stereocenters. The topological polar surface area (TPSA) is 113 Å². The van der Waals surface area contributed by atoms with Gasteiger partial charge < -0.3 is 10.1 Å². The van der Waals surface area contributed by atoms with E-state index in [4.69, 9.17) is 4.74 Å². The molecule has 0 spiro atoms. The molecule has 10 nitrogen and oxygen atoms in total. The summed E-state index contributed by atoms with van der Waals surface area (Å²) in [5.41, 5.74) is 3.92. The standard InChI is InChI=1S/C23H26N8O2/c1-14-19(31-13-18(27-29-31)15-7-17(33-6)12-24-10-15)8-16(11-25-14)22(32)26-21-9-20(23(2,3)4)28-30(21)5/h7-13H,1-6H3,(H,26,32). The summed E-state index contributed by atoms with van der Waals surface area (Å²) in [6, 6.07) is 5.45. The second-order valence-electron chi connectivity index (χ2n) is 8.73. The number of aromatic nitrogens is 7. The Kier molecular flexibility index (Phi) is 5.67. The third kappa shape index (κ3) is 4.59. The van der Waals surface area contributed by atoms with Gasteiger partial charge in [-0.1, -0.05) is 26.0 Å². The highest BCUT2D eigenvalue weighted by atomic mass is 16.5. The molecule has 0 saturated heterocycles. The SMILES string of the molecule is COc1cncc(-c2cn(-c3cc(C(=O)Nc4cc(C(C)(C)C)nn4C)cnc3C)nn2)c1. The summed E-state index contributed by atoms with van der Waals surface area (Å²) in [4.78, 5) is 21.5. The van der Waals surface area contributed by atoms with E-state index in [1.165, 1.54) is 0 Å². The molecule has 0 bridgehead atoms. The summed E-state index contributed by atoms with van der Waals surface area (Å²) in [5.74, 6) is 0.952. The molecule has 10 heteroatoms. The zero-order valence-electron chi connectivity index (χ0n) is 19.5. The van der Waals surface area contributed by atoms with Gasteiger partial charge in [-0.3, -0.25) is 19.4 Å². The van der Waals surface area contributed by atoms with Crippen molar-refractivity contribution >= 4 is 11.7 Å². The molecular formula is C23H26N8O2. The van der Waals surface area contributed by atoms with Crippen LogP contribution in [0, 0.1) is 6.92 Å². The van der Waals surface area contributed by atoms with E-state index in [1.807, 2.05) is 19.1 Å². The van der Waals surface area contributed by atoms with E-state index >= 15 is 0 Å². The van der Waals surface area contributed by atoms with Crippen molar-refractivity contribution in [2.24, 2.45) is 7.05 Å². The fourth-order valence-corrected chi connectivity index (χ4v) is 3.20. The largest absolute Gasteiger partial charge is 0.495 e. The lowest BCUT2D eigenvalue weighted by Crippen LogP contribution is -2.16. The maximum atomic E-state index is 13.0. The molecule has 1 N–H and O–H groups in total. The molecular weight excluding hydrogens is 420 g/mol. The van der Waals surface area contributed by atoms with Crippen molar-refractivity contribution in [1.82, 2.24) is 34.7 Å². The third-order valence-corrected chi connectivity index (χ3v) is 5.20. The molecule has 0 radical (unpaired) electrons. The number of hydrogen-bond acceptors (Lipinski definition) is 7. The Balaban J connectivity index is 1.60. The molecule has 4 rings (SSSR count). The molecule has 0 aliphatic carbocycles. The highest BCUT2D eigenvalue weighted by Crippen LogP contribution is 2.25. The van der Waals surface area contributed by atoms with Gasteiger partial charge >= 0.3 is 0 Å². The minimum atomic E-state index is -0.287. The second-order valence-corrected chi connectivity index (χ2v) is 8.73. The van der Waals surface area contributed by atoms with Crippen LogP contribution in [0.1, 0.15) is 42.5 Å². The monoisotopic (exact) mass is 446 g/mol. The van der Waals surface area contributed by atoms with E-state index in [1.54, 1.807) is 54.4 Å². The van der Waals surface area contributed by atoms with Crippen LogP contribution in [0.25, 0.3) is 16.9 Å². The molecule has 0 atom stereocenters. The number of anilines is 1. The van der Waals surface area contributed by atoms with Gasteiger partial charge in [0.25, 0.3) is 5.91 Å². The van der Waals surface area contributed by atoms with E-state index in [-0.39, 0.29) is 11.3 Å². The number of hydrogen-bond donors (Lipinski definition) is 1. The summed E-state index contributed by atoms with van der Waals surface area (Å²) in [6.07, 6.45) is 6.61. The minimum Gasteiger partial charge on any atom is -0.495 e. The smallest absolute Gasteiger partial charge is 0.258 e. The van der Waals surface area contributed by atoms with Crippen molar-refractivity contribution in [3.05, 3.63) is 59.9 Å². The van der Waals surface area contributed by atoms with Crippen molar-refractivity contribution in [3.63, 3.8) is 0 Å². The number of carbonyl (C=O) groups excluding carboxylic acids is 1. The second kappa shape index (κ2) is 8.45. The predicted molar refractivity (Wildman–Crippen MR) is 124 cm³/mol. The number of nitrogens with one attached hydrogen (secondary N) is 1. The predicted octanol–water partition coefficient (Wildman–Crippen LogP) is 3.32. The number of aryl methyl sites for hydroxylation is 2. The lowest BCUT2D eigenvalue weighted by molar-refractivity contribution is 0.102. The zero-order chi connectivity index (χ0) is 23.8. The van der Waals surface area contributed by atoms with Crippen molar-refractivity contribution in [3.8, 4) is 22.7 Å². The molecule has 4 heterocycles. The summed E-state index contributed by atoms with van der Waals surface area (Å²) in [6.45, 7) is 8.07. The number of ether oxygens (including phenoxy) is 1. The number of nitrogens with zero attached hydrogens (tertiary/aromatic N) is 7. The van der Waals surface area contributed by atoms with Gasteiger partial charge in [0.2, 0.25) is 0 Å². The van der Waals surface area contributed by atoms with Crippen LogP contribution in [0.3, 0.4) is 0 Å². The molecule has 0 aliphatic rings. The quantitative estimate of drug-likeness (QED) is 0.500. The number of amides is 1. The molecule has 0 saturated carbocycles. The van der Waals surface area contributed by atoms with Crippen LogP contribution >= 0.6 is 0 Å². The van der Waals surface area contributed by atoms with Gasteiger partial charge in [-0.25, -0.2) is 4.68 Å². The minimum absolute atomic E-state index is 0.123. The van der Waals surface area contributed by atoms with E-state index in [0.717, 1.165) is 11.3 Å². The molecule has 4 aromatic rings. The first kappa shape index (κ1) is 22.1. The normalized spacial score (nSPS) is 11.5. The van der Waals surface area contributed by atoms with Crippen LogP contribution in [0.4, 0.5) is 5.82 Å². The number of rotatable bonds is 5. The Morgan fingerprint density at radius 3 is 2.61 bits per heavy atom. The van der Waals surface area contributed by atoms with Crippen LogP contribution < -0.4 is 10.1 Å². The average molecular weight is 447 g/mol. The molecule has 33 heavy (non-hydrogen) atoms. The fraction of sp³-hybridized carbons (Fsp3) is 0.304. The zero-order valence-corrected chi connectivity index (χ0v) is 19.5. The number of carbonyl (C=O) groups is 1. The maximum absolute atomic E-state index is 13.0. The van der Waals surface area contributed by atoms with E-state index in [9.17, 15) is 4.79 Å². The van der Waals surface area contributed by atoms with Gasteiger partial charge in [0.05, 0.1) is 42.1 Å². The Morgan fingerprint density at radius 1 is 1.12 bits per heavy atom. The Labute approximate surface area is 191 Å². The summed E-state index contributed by atoms with van der Waals surface area (Å²) < 4.78 is 8.48. The Hall–Kier alpha value is -4.08. The lowest BCUT2D eigenvalue weighted by atomic mass is 9.92. The summed E-state index contributed by atoms with van der Waals surface area (Å²) in [5, 5.41) is 15.9. The van der Waals surface area contributed by atoms with Crippen LogP contribution in [-0.2, 0) is 12.5 Å². The first-order chi connectivity index (χ1) is 15.7. The van der Waals surface area contributed by atoms with Crippen molar-refractivity contribution < 1.29 is 9.53 Å². The van der Waals surface area contributed by atoms with Crippen LogP contribution in [0.5, 0.6) is 5.75 Å². The average Bonchev–Trinajstić information content (AvgIpc) is 3.41. The summed E-state index contributed by atoms with van der Waals surface area (Å²) >= 11 is 0. The van der Waals surface area contributed by atoms with E-state index in [2.05, 4.69) is 51.5 Å². The molecule has 170 valence electrons. The molecule has 1 amide bonds. The van der Waals surface area contributed by atoms with Gasteiger partial charge in [-0.15, -0.1) is 5.10 Å². The maximum Gasteiger partial charge on any atom is 0.258 e. The van der Waals surface area contributed by atoms with Gasteiger partial charge in [-0.2, -0.15) is 5.10 Å². The van der Waals surface area contributed by atoms with E-state index < -0.39 is 0 Å². The number of pyridine rings is 2. The van der Waals surface area contributed by atoms with Crippen LogP contribution in [-0.4, -0.2) is 47.8 Å². The van der Waals surface area contributed by atoms with Gasteiger partial charge in [-0.05, 0) is 19.1 Å². The fourth-order valence-electron chi connectivity index (χ4n) is 3.20. The molecule has 0 fully saturated rings. The van der Waals surface area contributed by atoms with Gasteiger partial charge in [0, 0.05) is 36.5 Å². The number of methoxy groups -OCH3 is 1. The molecule has 0 aromatic carbocycles. The highest BCUT2D eigenvalue weighted by Gasteiger charge is 2.20. The first-order valence-corrected chi connectivity index (χ1v) is 10.4. The Bertz CT molecular complexity index is 1320.